The summed E-state index contributed by atoms with van der Waals surface area (Å²) >= 11 is 5.72. The van der Waals surface area contributed by atoms with Crippen LogP contribution in [0.2, 0.25) is 5.02 Å². The molecule has 0 bridgehead atoms. The number of nitrogens with one attached hydrogen (secondary N) is 1. The van der Waals surface area contributed by atoms with E-state index in [2.05, 4.69) is 4.72 Å². The second kappa shape index (κ2) is 6.67. The Morgan fingerprint density at radius 3 is 2.47 bits per heavy atom. The monoisotopic (exact) mass is 305 g/mol. The van der Waals surface area contributed by atoms with E-state index in [9.17, 15) is 8.42 Å². The third-order valence-electron chi connectivity index (χ3n) is 2.69. The topological polar surface area (TPSA) is 64.6 Å². The van der Waals surface area contributed by atoms with Crippen molar-refractivity contribution in [1.29, 1.82) is 0 Å². The lowest BCUT2D eigenvalue weighted by atomic mass is 10.4. The molecule has 1 aliphatic rings. The summed E-state index contributed by atoms with van der Waals surface area (Å²) in [6, 6.07) is 6.03. The van der Waals surface area contributed by atoms with E-state index in [0.717, 1.165) is 6.42 Å². The molecule has 7 heteroatoms. The number of hydrogen-bond donors (Lipinski definition) is 1. The van der Waals surface area contributed by atoms with E-state index in [0.29, 0.717) is 24.7 Å². The van der Waals surface area contributed by atoms with E-state index in [4.69, 9.17) is 21.1 Å². The number of sulfonamides is 1. The molecule has 5 nitrogen and oxygen atoms in total. The van der Waals surface area contributed by atoms with Crippen molar-refractivity contribution in [2.45, 2.75) is 24.0 Å². The van der Waals surface area contributed by atoms with Gasteiger partial charge in [0.25, 0.3) is 0 Å². The molecule has 1 fully saturated rings. The maximum absolute atomic E-state index is 11.9. The Bertz CT molecular complexity index is 497. The van der Waals surface area contributed by atoms with Gasteiger partial charge in [0.15, 0.2) is 6.29 Å². The van der Waals surface area contributed by atoms with Crippen molar-refractivity contribution in [2.75, 3.05) is 19.8 Å². The maximum Gasteiger partial charge on any atom is 0.240 e. The van der Waals surface area contributed by atoms with E-state index >= 15 is 0 Å². The molecule has 0 saturated carbocycles. The molecule has 0 unspecified atom stereocenters. The molecule has 1 aromatic carbocycles. The lowest BCUT2D eigenvalue weighted by Gasteiger charge is -2.23. The molecule has 1 saturated heterocycles. The highest BCUT2D eigenvalue weighted by Crippen LogP contribution is 2.14. The Labute approximate surface area is 117 Å². The zero-order valence-electron chi connectivity index (χ0n) is 10.3. The number of halogens is 1. The minimum atomic E-state index is -3.50. The van der Waals surface area contributed by atoms with Crippen LogP contribution in [0.25, 0.3) is 0 Å². The summed E-state index contributed by atoms with van der Waals surface area (Å²) in [5, 5.41) is 0.503. The molecule has 1 N–H and O–H groups in total. The van der Waals surface area contributed by atoms with Crippen LogP contribution >= 0.6 is 11.6 Å². The van der Waals surface area contributed by atoms with Crippen LogP contribution in [0.15, 0.2) is 29.2 Å². The van der Waals surface area contributed by atoms with Crippen LogP contribution in [-0.2, 0) is 19.5 Å². The summed E-state index contributed by atoms with van der Waals surface area (Å²) in [6.45, 7) is 1.60. The fourth-order valence-electron chi connectivity index (χ4n) is 1.71. The van der Waals surface area contributed by atoms with Crippen molar-refractivity contribution in [3.05, 3.63) is 29.3 Å². The highest BCUT2D eigenvalue weighted by atomic mass is 35.5. The molecule has 0 atom stereocenters. The lowest BCUT2D eigenvalue weighted by molar-refractivity contribution is -0.180. The van der Waals surface area contributed by atoms with Crippen LogP contribution in [0.1, 0.15) is 12.8 Å². The quantitative estimate of drug-likeness (QED) is 0.900. The Balaban J connectivity index is 1.85. The zero-order chi connectivity index (χ0) is 13.7. The van der Waals surface area contributed by atoms with Crippen LogP contribution in [0, 0.1) is 0 Å². The number of ether oxygens (including phenoxy) is 2. The Hall–Kier alpha value is -0.660. The summed E-state index contributed by atoms with van der Waals surface area (Å²) in [5.74, 6) is 0. The first-order valence-corrected chi connectivity index (χ1v) is 7.92. The molecule has 0 radical (unpaired) electrons. The molecule has 0 amide bonds. The van der Waals surface area contributed by atoms with Gasteiger partial charge in [-0.2, -0.15) is 0 Å². The average molecular weight is 306 g/mol. The van der Waals surface area contributed by atoms with Gasteiger partial charge in [0.1, 0.15) is 0 Å². The van der Waals surface area contributed by atoms with Crippen molar-refractivity contribution in [3.8, 4) is 0 Å². The van der Waals surface area contributed by atoms with E-state index in [1.165, 1.54) is 12.1 Å². The predicted molar refractivity (Wildman–Crippen MR) is 71.6 cm³/mol. The van der Waals surface area contributed by atoms with E-state index in [1.54, 1.807) is 12.1 Å². The molecule has 2 rings (SSSR count). The molecule has 0 aromatic heterocycles. The predicted octanol–water partition coefficient (Wildman–Crippen LogP) is 1.77. The summed E-state index contributed by atoms with van der Waals surface area (Å²) < 4.78 is 37.1. The highest BCUT2D eigenvalue weighted by Gasteiger charge is 2.17. The molecule has 1 aromatic rings. The second-order valence-corrected chi connectivity index (χ2v) is 6.37. The van der Waals surface area contributed by atoms with Gasteiger partial charge in [-0.05, 0) is 30.7 Å². The van der Waals surface area contributed by atoms with Crippen molar-refractivity contribution in [2.24, 2.45) is 0 Å². The smallest absolute Gasteiger partial charge is 0.240 e. The molecule has 1 heterocycles. The van der Waals surface area contributed by atoms with Gasteiger partial charge in [-0.1, -0.05) is 11.6 Å². The first-order valence-electron chi connectivity index (χ1n) is 6.06. The number of rotatable bonds is 5. The minimum Gasteiger partial charge on any atom is -0.353 e. The first kappa shape index (κ1) is 14.7. The van der Waals surface area contributed by atoms with Crippen molar-refractivity contribution >= 4 is 21.6 Å². The summed E-state index contributed by atoms with van der Waals surface area (Å²) in [5.41, 5.74) is 0. The van der Waals surface area contributed by atoms with E-state index in [1.807, 2.05) is 0 Å². The van der Waals surface area contributed by atoms with E-state index in [-0.39, 0.29) is 17.7 Å². The van der Waals surface area contributed by atoms with Crippen molar-refractivity contribution in [3.63, 3.8) is 0 Å². The molecular formula is C12H16ClNO4S. The Morgan fingerprint density at radius 2 is 1.84 bits per heavy atom. The third-order valence-corrected chi connectivity index (χ3v) is 4.42. The molecular weight excluding hydrogens is 290 g/mol. The molecule has 19 heavy (non-hydrogen) atoms. The second-order valence-electron chi connectivity index (χ2n) is 4.17. The summed E-state index contributed by atoms with van der Waals surface area (Å²) in [7, 11) is -3.50. The molecule has 0 spiro atoms. The normalized spacial score (nSPS) is 17.5. The largest absolute Gasteiger partial charge is 0.353 e. The molecule has 1 aliphatic heterocycles. The number of benzene rings is 1. The summed E-state index contributed by atoms with van der Waals surface area (Å²) in [6.07, 6.45) is 1.06. The standard InChI is InChI=1S/C12H16ClNO4S/c13-10-2-4-11(5-3-10)19(15,16)14-7-6-12-17-8-1-9-18-12/h2-5,12,14H,1,6-9H2. The fraction of sp³-hybridized carbons (Fsp3) is 0.500. The van der Waals surface area contributed by atoms with Crippen LogP contribution < -0.4 is 4.72 Å². The Morgan fingerprint density at radius 1 is 1.21 bits per heavy atom. The lowest BCUT2D eigenvalue weighted by Crippen LogP contribution is -2.31. The van der Waals surface area contributed by atoms with Gasteiger partial charge in [0, 0.05) is 18.0 Å². The van der Waals surface area contributed by atoms with Crippen LogP contribution in [0.5, 0.6) is 0 Å². The Kier molecular flexibility index (Phi) is 5.18. The van der Waals surface area contributed by atoms with Crippen molar-refractivity contribution in [1.82, 2.24) is 4.72 Å². The van der Waals surface area contributed by atoms with E-state index < -0.39 is 10.0 Å². The average Bonchev–Trinajstić information content (AvgIpc) is 2.40. The van der Waals surface area contributed by atoms with Crippen molar-refractivity contribution < 1.29 is 17.9 Å². The summed E-state index contributed by atoms with van der Waals surface area (Å²) in [4.78, 5) is 0.197. The van der Waals surface area contributed by atoms with Crippen LogP contribution in [-0.4, -0.2) is 34.5 Å². The van der Waals surface area contributed by atoms with Gasteiger partial charge in [-0.15, -0.1) is 0 Å². The molecule has 106 valence electrons. The van der Waals surface area contributed by atoms with Gasteiger partial charge in [-0.25, -0.2) is 13.1 Å². The van der Waals surface area contributed by atoms with Gasteiger partial charge >= 0.3 is 0 Å². The highest BCUT2D eigenvalue weighted by molar-refractivity contribution is 7.89. The fourth-order valence-corrected chi connectivity index (χ4v) is 2.89. The van der Waals surface area contributed by atoms with Gasteiger partial charge in [-0.3, -0.25) is 0 Å². The van der Waals surface area contributed by atoms with Crippen LogP contribution in [0.3, 0.4) is 0 Å². The van der Waals surface area contributed by atoms with Gasteiger partial charge in [0.05, 0.1) is 18.1 Å². The van der Waals surface area contributed by atoms with Crippen LogP contribution in [0.4, 0.5) is 0 Å². The molecule has 0 aliphatic carbocycles. The first-order chi connectivity index (χ1) is 9.08. The SMILES string of the molecule is O=S(=O)(NCCC1OCCCO1)c1ccc(Cl)cc1. The minimum absolute atomic E-state index is 0.197. The number of hydrogen-bond acceptors (Lipinski definition) is 4. The maximum atomic E-state index is 11.9. The van der Waals surface area contributed by atoms with Gasteiger partial charge in [0.2, 0.25) is 10.0 Å². The zero-order valence-corrected chi connectivity index (χ0v) is 11.9. The third kappa shape index (κ3) is 4.43. The van der Waals surface area contributed by atoms with Gasteiger partial charge < -0.3 is 9.47 Å².